The molecule has 4 heteroatoms. The molecule has 0 radical (unpaired) electrons. The Kier molecular flexibility index (Phi) is 5.42. The van der Waals surface area contributed by atoms with Crippen molar-refractivity contribution in [1.29, 1.82) is 0 Å². The first kappa shape index (κ1) is 17.0. The topological polar surface area (TPSA) is 41.1 Å². The van der Waals surface area contributed by atoms with Crippen LogP contribution in [0.5, 0.6) is 0 Å². The molecule has 1 atom stereocenters. The number of amides is 1. The number of halogens is 1. The van der Waals surface area contributed by atoms with E-state index in [-0.39, 0.29) is 17.2 Å². The first-order valence-corrected chi connectivity index (χ1v) is 9.64. The quantitative estimate of drug-likeness (QED) is 0.821. The smallest absolute Gasteiger partial charge is 0.223 e. The number of rotatable bonds is 5. The Morgan fingerprint density at radius 3 is 2.48 bits per heavy atom. The molecule has 1 aromatic carbocycles. The van der Waals surface area contributed by atoms with Crippen molar-refractivity contribution >= 4 is 21.8 Å². The zero-order valence-electron chi connectivity index (χ0n) is 13.9. The molecule has 1 aliphatic carbocycles. The van der Waals surface area contributed by atoms with Crippen molar-refractivity contribution in [1.82, 2.24) is 10.6 Å². The fourth-order valence-corrected chi connectivity index (χ4v) is 4.16. The van der Waals surface area contributed by atoms with Crippen LogP contribution < -0.4 is 10.6 Å². The molecule has 1 unspecified atom stereocenters. The Balaban J connectivity index is 1.69. The van der Waals surface area contributed by atoms with Crippen LogP contribution in [0.3, 0.4) is 0 Å². The van der Waals surface area contributed by atoms with Crippen LogP contribution in [-0.4, -0.2) is 25.5 Å². The van der Waals surface area contributed by atoms with Crippen LogP contribution in [-0.2, 0) is 10.2 Å². The molecule has 1 heterocycles. The third-order valence-corrected chi connectivity index (χ3v) is 6.33. The molecule has 126 valence electrons. The van der Waals surface area contributed by atoms with Gasteiger partial charge in [0.1, 0.15) is 0 Å². The summed E-state index contributed by atoms with van der Waals surface area (Å²) in [6, 6.07) is 8.69. The fraction of sp³-hybridized carbons (Fsp3) is 0.632. The molecule has 1 saturated carbocycles. The second-order valence-corrected chi connectivity index (χ2v) is 8.19. The summed E-state index contributed by atoms with van der Waals surface area (Å²) in [5.41, 5.74) is 1.49. The van der Waals surface area contributed by atoms with Gasteiger partial charge in [0.2, 0.25) is 5.91 Å². The van der Waals surface area contributed by atoms with Gasteiger partial charge in [-0.25, -0.2) is 0 Å². The van der Waals surface area contributed by atoms with E-state index in [1.165, 1.54) is 37.7 Å². The van der Waals surface area contributed by atoms with Crippen LogP contribution in [0.25, 0.3) is 0 Å². The largest absolute Gasteiger partial charge is 0.355 e. The molecular formula is C19H27BrN2O. The highest BCUT2D eigenvalue weighted by Gasteiger charge is 2.35. The minimum Gasteiger partial charge on any atom is -0.355 e. The van der Waals surface area contributed by atoms with Crippen molar-refractivity contribution in [2.75, 3.05) is 19.6 Å². The van der Waals surface area contributed by atoms with Crippen LogP contribution in [0.1, 0.15) is 44.6 Å². The number of hydrogen-bond donors (Lipinski definition) is 2. The summed E-state index contributed by atoms with van der Waals surface area (Å²) in [5, 5.41) is 6.53. The molecule has 1 aromatic rings. The van der Waals surface area contributed by atoms with Crippen LogP contribution in [0.2, 0.25) is 0 Å². The normalized spacial score (nSPS) is 22.2. The third-order valence-electron chi connectivity index (χ3n) is 5.80. The predicted molar refractivity (Wildman–Crippen MR) is 97.4 cm³/mol. The van der Waals surface area contributed by atoms with Crippen LogP contribution >= 0.6 is 15.9 Å². The first-order chi connectivity index (χ1) is 11.1. The van der Waals surface area contributed by atoms with E-state index in [1.807, 2.05) is 0 Å². The van der Waals surface area contributed by atoms with Crippen LogP contribution in [0.4, 0.5) is 0 Å². The third kappa shape index (κ3) is 3.80. The molecular weight excluding hydrogens is 352 g/mol. The minimum absolute atomic E-state index is 0.113. The molecule has 1 amide bonds. The first-order valence-electron chi connectivity index (χ1n) is 8.85. The summed E-state index contributed by atoms with van der Waals surface area (Å²) in [7, 11) is 0. The lowest BCUT2D eigenvalue weighted by Gasteiger charge is -2.39. The molecule has 1 aliphatic heterocycles. The van der Waals surface area contributed by atoms with Gasteiger partial charge in [-0.3, -0.25) is 4.79 Å². The van der Waals surface area contributed by atoms with Crippen molar-refractivity contribution < 1.29 is 4.79 Å². The van der Waals surface area contributed by atoms with Gasteiger partial charge in [-0.15, -0.1) is 0 Å². The molecule has 3 rings (SSSR count). The van der Waals surface area contributed by atoms with E-state index in [0.29, 0.717) is 5.92 Å². The highest BCUT2D eigenvalue weighted by Crippen LogP contribution is 2.39. The zero-order chi connectivity index (χ0) is 16.3. The lowest BCUT2D eigenvalue weighted by molar-refractivity contribution is -0.127. The lowest BCUT2D eigenvalue weighted by atomic mass is 9.69. The van der Waals surface area contributed by atoms with Gasteiger partial charge in [0.25, 0.3) is 0 Å². The second-order valence-electron chi connectivity index (χ2n) is 7.27. The van der Waals surface area contributed by atoms with Gasteiger partial charge in [0.05, 0.1) is 0 Å². The van der Waals surface area contributed by atoms with Gasteiger partial charge in [-0.1, -0.05) is 54.2 Å². The summed E-state index contributed by atoms with van der Waals surface area (Å²) in [4.78, 5) is 12.5. The Hall–Kier alpha value is -0.870. The van der Waals surface area contributed by atoms with E-state index in [1.54, 1.807) is 0 Å². The number of benzene rings is 1. The maximum atomic E-state index is 12.5. The Morgan fingerprint density at radius 1 is 1.26 bits per heavy atom. The van der Waals surface area contributed by atoms with Crippen molar-refractivity contribution in [3.8, 4) is 0 Å². The average molecular weight is 379 g/mol. The van der Waals surface area contributed by atoms with E-state index in [4.69, 9.17) is 0 Å². The van der Waals surface area contributed by atoms with Crippen molar-refractivity contribution in [3.63, 3.8) is 0 Å². The molecule has 0 aromatic heterocycles. The van der Waals surface area contributed by atoms with Gasteiger partial charge in [-0.05, 0) is 49.5 Å². The standard InChI is InChI=1S/C19H27BrN2O/c1-14(15-11-21-12-15)18(23)22-13-19(9-3-2-4-10-19)16-5-7-17(20)8-6-16/h5-8,14-15,21H,2-4,9-13H2,1H3,(H,22,23). The molecule has 0 spiro atoms. The van der Waals surface area contributed by atoms with Crippen molar-refractivity contribution in [2.24, 2.45) is 11.8 Å². The van der Waals surface area contributed by atoms with Crippen molar-refractivity contribution in [3.05, 3.63) is 34.3 Å². The molecule has 23 heavy (non-hydrogen) atoms. The summed E-state index contributed by atoms with van der Waals surface area (Å²) in [6.07, 6.45) is 6.18. The summed E-state index contributed by atoms with van der Waals surface area (Å²) < 4.78 is 1.11. The van der Waals surface area contributed by atoms with Gasteiger partial charge >= 0.3 is 0 Å². The fourth-order valence-electron chi connectivity index (χ4n) is 3.90. The van der Waals surface area contributed by atoms with E-state index >= 15 is 0 Å². The summed E-state index contributed by atoms with van der Waals surface area (Å²) >= 11 is 3.52. The average Bonchev–Trinajstić information content (AvgIpc) is 2.52. The molecule has 3 nitrogen and oxygen atoms in total. The van der Waals surface area contributed by atoms with Gasteiger partial charge in [-0.2, -0.15) is 0 Å². The Labute approximate surface area is 147 Å². The minimum atomic E-state index is 0.113. The van der Waals surface area contributed by atoms with Crippen LogP contribution in [0, 0.1) is 11.8 Å². The molecule has 0 bridgehead atoms. The van der Waals surface area contributed by atoms with Gasteiger partial charge < -0.3 is 10.6 Å². The van der Waals surface area contributed by atoms with Gasteiger partial charge in [0, 0.05) is 22.4 Å². The van der Waals surface area contributed by atoms with E-state index in [2.05, 4.69) is 57.8 Å². The number of carbonyl (C=O) groups is 1. The second kappa shape index (κ2) is 7.35. The van der Waals surface area contributed by atoms with Crippen LogP contribution in [0.15, 0.2) is 28.7 Å². The summed E-state index contributed by atoms with van der Waals surface area (Å²) in [6.45, 7) is 4.80. The lowest BCUT2D eigenvalue weighted by Crippen LogP contribution is -2.51. The maximum absolute atomic E-state index is 12.5. The van der Waals surface area contributed by atoms with E-state index in [0.717, 1.165) is 24.1 Å². The monoisotopic (exact) mass is 378 g/mol. The SMILES string of the molecule is CC(C(=O)NCC1(c2ccc(Br)cc2)CCCCC1)C1CNC1. The Morgan fingerprint density at radius 2 is 1.91 bits per heavy atom. The van der Waals surface area contributed by atoms with E-state index < -0.39 is 0 Å². The predicted octanol–water partition coefficient (Wildman–Crippen LogP) is 3.62. The maximum Gasteiger partial charge on any atom is 0.223 e. The molecule has 2 fully saturated rings. The van der Waals surface area contributed by atoms with Crippen molar-refractivity contribution in [2.45, 2.75) is 44.4 Å². The number of carbonyl (C=O) groups excluding carboxylic acids is 1. The number of hydrogen-bond acceptors (Lipinski definition) is 2. The van der Waals surface area contributed by atoms with E-state index in [9.17, 15) is 4.79 Å². The molecule has 2 aliphatic rings. The van der Waals surface area contributed by atoms with Gasteiger partial charge in [0.15, 0.2) is 0 Å². The number of nitrogens with one attached hydrogen (secondary N) is 2. The zero-order valence-corrected chi connectivity index (χ0v) is 15.5. The Bertz CT molecular complexity index is 533. The highest BCUT2D eigenvalue weighted by atomic mass is 79.9. The summed E-state index contributed by atoms with van der Waals surface area (Å²) in [5.74, 6) is 0.838. The molecule has 1 saturated heterocycles. The highest BCUT2D eigenvalue weighted by molar-refractivity contribution is 9.10. The molecule has 2 N–H and O–H groups in total.